The maximum absolute atomic E-state index is 5.82. The second-order valence-electron chi connectivity index (χ2n) is 3.84. The average Bonchev–Trinajstić information content (AvgIpc) is 2.40. The summed E-state index contributed by atoms with van der Waals surface area (Å²) in [5.41, 5.74) is 0. The monoisotopic (exact) mass is 262 g/mol. The van der Waals surface area contributed by atoms with Crippen LogP contribution in [0.5, 0.6) is 11.6 Å². The highest BCUT2D eigenvalue weighted by atomic mass is 35.5. The van der Waals surface area contributed by atoms with Crippen molar-refractivity contribution in [3.8, 4) is 11.6 Å². The third-order valence-electron chi connectivity index (χ3n) is 2.32. The zero-order chi connectivity index (χ0) is 12.8. The van der Waals surface area contributed by atoms with Crippen molar-refractivity contribution in [3.63, 3.8) is 0 Å². The zero-order valence-electron chi connectivity index (χ0n) is 10.2. The quantitative estimate of drug-likeness (QED) is 0.870. The third-order valence-corrected chi connectivity index (χ3v) is 2.57. The lowest BCUT2D eigenvalue weighted by molar-refractivity contribution is 0.463. The van der Waals surface area contributed by atoms with Crippen molar-refractivity contribution in [1.29, 1.82) is 0 Å². The molecule has 0 bridgehead atoms. The highest BCUT2D eigenvalue weighted by Crippen LogP contribution is 2.22. The van der Waals surface area contributed by atoms with E-state index in [4.69, 9.17) is 16.3 Å². The first-order chi connectivity index (χ1) is 8.78. The van der Waals surface area contributed by atoms with E-state index in [-0.39, 0.29) is 0 Å². The van der Waals surface area contributed by atoms with Gasteiger partial charge in [-0.15, -0.1) is 0 Å². The maximum Gasteiger partial charge on any atom is 0.221 e. The number of nitrogens with one attached hydrogen (secondary N) is 1. The number of hydrogen-bond acceptors (Lipinski definition) is 3. The van der Waals surface area contributed by atoms with Crippen molar-refractivity contribution < 1.29 is 4.74 Å². The van der Waals surface area contributed by atoms with Gasteiger partial charge in [-0.2, -0.15) is 4.98 Å². The minimum absolute atomic E-state index is 0.568. The Morgan fingerprint density at radius 3 is 2.67 bits per heavy atom. The molecule has 0 unspecified atom stereocenters. The van der Waals surface area contributed by atoms with Gasteiger partial charge >= 0.3 is 0 Å². The fourth-order valence-corrected chi connectivity index (χ4v) is 1.57. The summed E-state index contributed by atoms with van der Waals surface area (Å²) in [5, 5.41) is 3.91. The van der Waals surface area contributed by atoms with E-state index in [1.165, 1.54) is 0 Å². The van der Waals surface area contributed by atoms with E-state index in [1.54, 1.807) is 12.1 Å². The van der Waals surface area contributed by atoms with Crippen LogP contribution in [-0.2, 0) is 0 Å². The van der Waals surface area contributed by atoms with E-state index in [0.29, 0.717) is 10.9 Å². The number of aromatic nitrogens is 1. The van der Waals surface area contributed by atoms with Crippen molar-refractivity contribution in [3.05, 3.63) is 47.5 Å². The Labute approximate surface area is 112 Å². The SMILES string of the molecule is CCCNc1cccc(Oc2ccc(Cl)cc2)n1. The predicted molar refractivity (Wildman–Crippen MR) is 74.5 cm³/mol. The molecule has 1 heterocycles. The predicted octanol–water partition coefficient (Wildman–Crippen LogP) is 4.35. The fraction of sp³-hybridized carbons (Fsp3) is 0.214. The Morgan fingerprint density at radius 2 is 1.94 bits per heavy atom. The summed E-state index contributed by atoms with van der Waals surface area (Å²) < 4.78 is 5.64. The second kappa shape index (κ2) is 6.26. The number of benzene rings is 1. The van der Waals surface area contributed by atoms with Gasteiger partial charge in [0.2, 0.25) is 5.88 Å². The number of pyridine rings is 1. The van der Waals surface area contributed by atoms with Crippen LogP contribution in [0.2, 0.25) is 5.02 Å². The normalized spacial score (nSPS) is 10.1. The highest BCUT2D eigenvalue weighted by Gasteiger charge is 2.00. The molecule has 94 valence electrons. The molecule has 0 aliphatic rings. The summed E-state index contributed by atoms with van der Waals surface area (Å²) in [5.74, 6) is 2.11. The van der Waals surface area contributed by atoms with E-state index in [2.05, 4.69) is 17.2 Å². The van der Waals surface area contributed by atoms with Crippen LogP contribution in [0.15, 0.2) is 42.5 Å². The Balaban J connectivity index is 2.06. The number of nitrogens with zero attached hydrogens (tertiary/aromatic N) is 1. The lowest BCUT2D eigenvalue weighted by Crippen LogP contribution is -2.02. The average molecular weight is 263 g/mol. The van der Waals surface area contributed by atoms with Crippen molar-refractivity contribution in [2.45, 2.75) is 13.3 Å². The molecule has 4 heteroatoms. The van der Waals surface area contributed by atoms with Gasteiger partial charge in [0.25, 0.3) is 0 Å². The number of halogens is 1. The van der Waals surface area contributed by atoms with Gasteiger partial charge in [0.05, 0.1) is 0 Å². The van der Waals surface area contributed by atoms with E-state index in [9.17, 15) is 0 Å². The molecule has 2 aromatic rings. The van der Waals surface area contributed by atoms with Crippen LogP contribution in [0.1, 0.15) is 13.3 Å². The first-order valence-corrected chi connectivity index (χ1v) is 6.30. The van der Waals surface area contributed by atoms with Crippen LogP contribution in [0, 0.1) is 0 Å². The van der Waals surface area contributed by atoms with Gasteiger partial charge in [-0.1, -0.05) is 24.6 Å². The number of anilines is 1. The summed E-state index contributed by atoms with van der Waals surface area (Å²) in [6, 6.07) is 12.9. The summed E-state index contributed by atoms with van der Waals surface area (Å²) in [7, 11) is 0. The summed E-state index contributed by atoms with van der Waals surface area (Å²) >= 11 is 5.82. The van der Waals surface area contributed by atoms with E-state index < -0.39 is 0 Å². The molecule has 18 heavy (non-hydrogen) atoms. The fourth-order valence-electron chi connectivity index (χ4n) is 1.45. The van der Waals surface area contributed by atoms with Gasteiger partial charge in [0.1, 0.15) is 11.6 Å². The largest absolute Gasteiger partial charge is 0.439 e. The van der Waals surface area contributed by atoms with Crippen molar-refractivity contribution >= 4 is 17.4 Å². The van der Waals surface area contributed by atoms with Crippen LogP contribution in [0.4, 0.5) is 5.82 Å². The first kappa shape index (κ1) is 12.7. The van der Waals surface area contributed by atoms with E-state index in [0.717, 1.165) is 24.5 Å². The molecule has 1 aromatic carbocycles. The van der Waals surface area contributed by atoms with E-state index in [1.807, 2.05) is 30.3 Å². The van der Waals surface area contributed by atoms with Crippen LogP contribution < -0.4 is 10.1 Å². The number of rotatable bonds is 5. The highest BCUT2D eigenvalue weighted by molar-refractivity contribution is 6.30. The molecular formula is C14H15ClN2O. The van der Waals surface area contributed by atoms with Gasteiger partial charge < -0.3 is 10.1 Å². The molecule has 0 aliphatic carbocycles. The van der Waals surface area contributed by atoms with Crippen molar-refractivity contribution in [2.75, 3.05) is 11.9 Å². The molecule has 2 rings (SSSR count). The Hall–Kier alpha value is -1.74. The Morgan fingerprint density at radius 1 is 1.17 bits per heavy atom. The van der Waals surface area contributed by atoms with Crippen molar-refractivity contribution in [1.82, 2.24) is 4.98 Å². The van der Waals surface area contributed by atoms with E-state index >= 15 is 0 Å². The van der Waals surface area contributed by atoms with Crippen LogP contribution in [0.25, 0.3) is 0 Å². The number of hydrogen-bond donors (Lipinski definition) is 1. The molecule has 0 spiro atoms. The smallest absolute Gasteiger partial charge is 0.221 e. The molecular weight excluding hydrogens is 248 g/mol. The first-order valence-electron chi connectivity index (χ1n) is 5.92. The molecule has 1 N–H and O–H groups in total. The molecule has 0 aliphatic heterocycles. The lowest BCUT2D eigenvalue weighted by Gasteiger charge is -2.07. The van der Waals surface area contributed by atoms with Gasteiger partial charge in [0, 0.05) is 17.6 Å². The van der Waals surface area contributed by atoms with Gasteiger partial charge in [-0.25, -0.2) is 0 Å². The summed E-state index contributed by atoms with van der Waals surface area (Å²) in [6.07, 6.45) is 1.06. The molecule has 0 radical (unpaired) electrons. The molecule has 1 aromatic heterocycles. The number of ether oxygens (including phenoxy) is 1. The van der Waals surface area contributed by atoms with Crippen molar-refractivity contribution in [2.24, 2.45) is 0 Å². The van der Waals surface area contributed by atoms with Gasteiger partial charge in [0.15, 0.2) is 0 Å². The molecule has 0 saturated carbocycles. The molecule has 3 nitrogen and oxygen atoms in total. The second-order valence-corrected chi connectivity index (χ2v) is 4.28. The summed E-state index contributed by atoms with van der Waals surface area (Å²) in [6.45, 7) is 3.01. The van der Waals surface area contributed by atoms with Crippen LogP contribution in [-0.4, -0.2) is 11.5 Å². The zero-order valence-corrected chi connectivity index (χ0v) is 10.9. The molecule has 0 atom stereocenters. The lowest BCUT2D eigenvalue weighted by atomic mass is 10.3. The third kappa shape index (κ3) is 3.64. The standard InChI is InChI=1S/C14H15ClN2O/c1-2-10-16-13-4-3-5-14(17-13)18-12-8-6-11(15)7-9-12/h3-9H,2,10H2,1H3,(H,16,17). The Kier molecular flexibility index (Phi) is 4.42. The minimum Gasteiger partial charge on any atom is -0.439 e. The van der Waals surface area contributed by atoms with Crippen LogP contribution in [0.3, 0.4) is 0 Å². The van der Waals surface area contributed by atoms with Gasteiger partial charge in [-0.3, -0.25) is 0 Å². The molecule has 0 saturated heterocycles. The molecule has 0 amide bonds. The maximum atomic E-state index is 5.82. The topological polar surface area (TPSA) is 34.1 Å². The Bertz CT molecular complexity index is 499. The summed E-state index contributed by atoms with van der Waals surface area (Å²) in [4.78, 5) is 4.36. The molecule has 0 fully saturated rings. The van der Waals surface area contributed by atoms with Crippen LogP contribution >= 0.6 is 11.6 Å². The minimum atomic E-state index is 0.568. The van der Waals surface area contributed by atoms with Gasteiger partial charge in [-0.05, 0) is 36.8 Å².